The van der Waals surface area contributed by atoms with Crippen molar-refractivity contribution < 1.29 is 31.5 Å². The van der Waals surface area contributed by atoms with Gasteiger partial charge in [-0.1, -0.05) is 6.07 Å². The molecule has 2 aliphatic heterocycles. The smallest absolute Gasteiger partial charge is 0.417 e. The van der Waals surface area contributed by atoms with E-state index in [0.717, 1.165) is 18.7 Å². The highest BCUT2D eigenvalue weighted by molar-refractivity contribution is 6.00. The number of fused-ring (bicyclic) bond motifs is 3. The average Bonchev–Trinajstić information content (AvgIpc) is 3.33. The summed E-state index contributed by atoms with van der Waals surface area (Å²) in [5.41, 5.74) is -0.734. The largest absolute Gasteiger partial charge is 0.472 e. The van der Waals surface area contributed by atoms with Gasteiger partial charge in [-0.05, 0) is 43.4 Å². The van der Waals surface area contributed by atoms with E-state index in [2.05, 4.69) is 9.97 Å². The third kappa shape index (κ3) is 4.05. The minimum atomic E-state index is -4.49. The number of benzene rings is 1. The van der Waals surface area contributed by atoms with Gasteiger partial charge in [0.1, 0.15) is 18.2 Å². The standard InChI is InChI=1S/C23H19F4N3O3/c24-16-3-1-2-15(21-28-8-9-32-21)20(16)22(31)30-12-13-4-6-17(30)18(10-13)33-19-7-5-14(11-29-19)23(25,26)27/h1-3,5,7-9,11,13,17-18H,4,6,10,12H2/t13-,17-,18+/m0/s1. The molecule has 0 N–H and O–H groups in total. The van der Waals surface area contributed by atoms with Crippen LogP contribution >= 0.6 is 0 Å². The summed E-state index contributed by atoms with van der Waals surface area (Å²) in [5, 5.41) is 0. The summed E-state index contributed by atoms with van der Waals surface area (Å²) in [6.45, 7) is 0.448. The van der Waals surface area contributed by atoms with Gasteiger partial charge in [0.25, 0.3) is 5.91 Å². The van der Waals surface area contributed by atoms with E-state index in [9.17, 15) is 22.4 Å². The van der Waals surface area contributed by atoms with E-state index in [-0.39, 0.29) is 34.9 Å². The molecule has 3 atom stereocenters. The molecule has 1 saturated carbocycles. The number of alkyl halides is 3. The molecule has 2 aromatic heterocycles. The Morgan fingerprint density at radius 1 is 1.15 bits per heavy atom. The topological polar surface area (TPSA) is 68.5 Å². The van der Waals surface area contributed by atoms with Crippen molar-refractivity contribution in [1.82, 2.24) is 14.9 Å². The minimum Gasteiger partial charge on any atom is -0.472 e. The van der Waals surface area contributed by atoms with E-state index in [1.165, 1.54) is 30.7 Å². The lowest BCUT2D eigenvalue weighted by Gasteiger charge is -2.49. The van der Waals surface area contributed by atoms with Gasteiger partial charge < -0.3 is 14.1 Å². The second-order valence-corrected chi connectivity index (χ2v) is 8.24. The highest BCUT2D eigenvalue weighted by atomic mass is 19.4. The number of hydrogen-bond donors (Lipinski definition) is 0. The number of hydrogen-bond acceptors (Lipinski definition) is 5. The summed E-state index contributed by atoms with van der Waals surface area (Å²) in [6.07, 6.45) is 0.712. The van der Waals surface area contributed by atoms with Crippen molar-refractivity contribution in [1.29, 1.82) is 0 Å². The first-order valence-electron chi connectivity index (χ1n) is 10.5. The van der Waals surface area contributed by atoms with E-state index in [1.807, 2.05) is 0 Å². The third-order valence-corrected chi connectivity index (χ3v) is 6.21. The zero-order chi connectivity index (χ0) is 23.2. The summed E-state index contributed by atoms with van der Waals surface area (Å²) < 4.78 is 64.4. The number of piperidine rings is 2. The molecule has 0 spiro atoms. The number of rotatable bonds is 4. The van der Waals surface area contributed by atoms with Gasteiger partial charge in [0.15, 0.2) is 0 Å². The fourth-order valence-corrected chi connectivity index (χ4v) is 4.68. The maximum absolute atomic E-state index is 14.8. The molecule has 1 aliphatic carbocycles. The molecule has 0 unspecified atom stereocenters. The van der Waals surface area contributed by atoms with Crippen molar-refractivity contribution in [3.8, 4) is 17.3 Å². The van der Waals surface area contributed by atoms with Gasteiger partial charge in [-0.25, -0.2) is 14.4 Å². The average molecular weight is 461 g/mol. The predicted octanol–water partition coefficient (Wildman–Crippen LogP) is 4.97. The number of aromatic nitrogens is 2. The summed E-state index contributed by atoms with van der Waals surface area (Å²) in [6, 6.07) is 6.00. The molecule has 2 bridgehead atoms. The second-order valence-electron chi connectivity index (χ2n) is 8.24. The number of nitrogens with zero attached hydrogens (tertiary/aromatic N) is 3. The Labute approximate surface area is 186 Å². The molecule has 3 aromatic rings. The van der Waals surface area contributed by atoms with Crippen LogP contribution in [0.5, 0.6) is 5.88 Å². The zero-order valence-corrected chi connectivity index (χ0v) is 17.3. The third-order valence-electron chi connectivity index (χ3n) is 6.21. The molecule has 33 heavy (non-hydrogen) atoms. The fraction of sp³-hybridized carbons (Fsp3) is 0.348. The van der Waals surface area contributed by atoms with Crippen molar-refractivity contribution >= 4 is 5.91 Å². The van der Waals surface area contributed by atoms with E-state index in [0.29, 0.717) is 19.4 Å². The molecule has 1 aromatic carbocycles. The van der Waals surface area contributed by atoms with Crippen LogP contribution in [-0.4, -0.2) is 39.5 Å². The van der Waals surface area contributed by atoms with Crippen LogP contribution in [0.25, 0.3) is 11.5 Å². The molecule has 3 aliphatic rings. The summed E-state index contributed by atoms with van der Waals surface area (Å²) in [4.78, 5) is 22.9. The lowest BCUT2D eigenvalue weighted by atomic mass is 9.77. The van der Waals surface area contributed by atoms with Crippen molar-refractivity contribution in [3.63, 3.8) is 0 Å². The number of halogens is 4. The maximum atomic E-state index is 14.8. The van der Waals surface area contributed by atoms with Crippen LogP contribution in [-0.2, 0) is 6.18 Å². The van der Waals surface area contributed by atoms with Gasteiger partial charge in [0.05, 0.1) is 28.9 Å². The van der Waals surface area contributed by atoms with E-state index < -0.39 is 29.6 Å². The summed E-state index contributed by atoms with van der Waals surface area (Å²) >= 11 is 0. The van der Waals surface area contributed by atoms with Gasteiger partial charge >= 0.3 is 6.18 Å². The molecule has 10 heteroatoms. The first kappa shape index (κ1) is 21.4. The van der Waals surface area contributed by atoms with Gasteiger partial charge in [-0.2, -0.15) is 13.2 Å². The van der Waals surface area contributed by atoms with Crippen LogP contribution in [0.3, 0.4) is 0 Å². The van der Waals surface area contributed by atoms with Gasteiger partial charge in [-0.15, -0.1) is 0 Å². The fourth-order valence-electron chi connectivity index (χ4n) is 4.68. The molecule has 172 valence electrons. The Morgan fingerprint density at radius 2 is 2.00 bits per heavy atom. The maximum Gasteiger partial charge on any atom is 0.417 e. The zero-order valence-electron chi connectivity index (χ0n) is 17.3. The van der Waals surface area contributed by atoms with Gasteiger partial charge in [0.2, 0.25) is 11.8 Å². The van der Waals surface area contributed by atoms with Crippen molar-refractivity contribution in [2.75, 3.05) is 6.54 Å². The van der Waals surface area contributed by atoms with Crippen LogP contribution in [0.4, 0.5) is 17.6 Å². The lowest BCUT2D eigenvalue weighted by Crippen LogP contribution is -2.59. The van der Waals surface area contributed by atoms with E-state index in [4.69, 9.17) is 9.15 Å². The Hall–Kier alpha value is -3.43. The molecule has 0 radical (unpaired) electrons. The second kappa shape index (κ2) is 8.17. The van der Waals surface area contributed by atoms with Crippen LogP contribution in [0.2, 0.25) is 0 Å². The van der Waals surface area contributed by atoms with Crippen LogP contribution < -0.4 is 4.74 Å². The number of amides is 1. The van der Waals surface area contributed by atoms with Crippen molar-refractivity contribution in [2.45, 2.75) is 37.6 Å². The van der Waals surface area contributed by atoms with Crippen LogP contribution in [0, 0.1) is 11.7 Å². The number of ether oxygens (including phenoxy) is 1. The minimum absolute atomic E-state index is 0.0549. The molecule has 3 fully saturated rings. The van der Waals surface area contributed by atoms with Crippen molar-refractivity contribution in [3.05, 3.63) is 65.9 Å². The van der Waals surface area contributed by atoms with Crippen molar-refractivity contribution in [2.24, 2.45) is 5.92 Å². The molecule has 2 saturated heterocycles. The number of carbonyl (C=O) groups is 1. The van der Waals surface area contributed by atoms with Gasteiger partial charge in [0, 0.05) is 18.8 Å². The Bertz CT molecular complexity index is 1150. The van der Waals surface area contributed by atoms with Gasteiger partial charge in [-0.3, -0.25) is 4.79 Å². The first-order chi connectivity index (χ1) is 15.8. The molecule has 6 rings (SSSR count). The van der Waals surface area contributed by atoms with Crippen LogP contribution in [0.1, 0.15) is 35.2 Å². The monoisotopic (exact) mass is 461 g/mol. The SMILES string of the molecule is O=C(c1c(F)cccc1-c1ncco1)N1C[C@H]2CC[C@H]1[C@H](Oc1ccc(C(F)(F)F)cn1)C2. The van der Waals surface area contributed by atoms with Crippen LogP contribution in [0.15, 0.2) is 53.4 Å². The first-order valence-corrected chi connectivity index (χ1v) is 10.5. The molecule has 6 nitrogen and oxygen atoms in total. The highest BCUT2D eigenvalue weighted by Gasteiger charge is 2.45. The molecule has 4 heterocycles. The molecular weight excluding hydrogens is 442 g/mol. The van der Waals surface area contributed by atoms with E-state index >= 15 is 0 Å². The number of oxazole rings is 1. The molecular formula is C23H19F4N3O3. The highest BCUT2D eigenvalue weighted by Crippen LogP contribution is 2.39. The lowest BCUT2D eigenvalue weighted by molar-refractivity contribution is -0.137. The number of pyridine rings is 1. The Kier molecular flexibility index (Phi) is 5.30. The predicted molar refractivity (Wildman–Crippen MR) is 108 cm³/mol. The summed E-state index contributed by atoms with van der Waals surface area (Å²) in [5.74, 6) is -0.847. The quantitative estimate of drug-likeness (QED) is 0.514. The number of carbonyl (C=O) groups excluding carboxylic acids is 1. The summed E-state index contributed by atoms with van der Waals surface area (Å²) in [7, 11) is 0. The van der Waals surface area contributed by atoms with E-state index in [1.54, 1.807) is 11.0 Å². The normalized spacial score (nSPS) is 22.4. The Morgan fingerprint density at radius 3 is 2.67 bits per heavy atom. The Balaban J connectivity index is 1.40. The molecule has 1 amide bonds.